The molecule has 1 aromatic heterocycles. The Morgan fingerprint density at radius 1 is 0.978 bits per heavy atom. The molecule has 1 amide bonds. The van der Waals surface area contributed by atoms with Crippen LogP contribution in [0.4, 0.5) is 5.13 Å². The second-order valence-electron chi connectivity index (χ2n) is 10.6. The lowest BCUT2D eigenvalue weighted by molar-refractivity contribution is -0.132. The van der Waals surface area contributed by atoms with Gasteiger partial charge in [-0.1, -0.05) is 37.2 Å². The second kappa shape index (κ2) is 13.1. The molecule has 10 nitrogen and oxygen atoms in total. The van der Waals surface area contributed by atoms with Gasteiger partial charge in [0.15, 0.2) is 28.1 Å². The Morgan fingerprint density at radius 2 is 1.80 bits per heavy atom. The number of ether oxygens (including phenoxy) is 5. The maximum Gasteiger partial charge on any atom is 0.301 e. The number of hydrogen-bond donors (Lipinski definition) is 1. The molecule has 1 saturated heterocycles. The number of thiazole rings is 1. The third-order valence-electron chi connectivity index (χ3n) is 7.63. The predicted octanol–water partition coefficient (Wildman–Crippen LogP) is 6.67. The van der Waals surface area contributed by atoms with Crippen molar-refractivity contribution in [2.45, 2.75) is 39.2 Å². The van der Waals surface area contributed by atoms with Crippen LogP contribution in [0.25, 0.3) is 16.0 Å². The Labute approximate surface area is 264 Å². The van der Waals surface area contributed by atoms with E-state index < -0.39 is 17.7 Å². The molecule has 3 aromatic carbocycles. The van der Waals surface area contributed by atoms with Crippen LogP contribution < -0.4 is 28.6 Å². The number of carbonyl (C=O) groups is 2. The molecule has 1 fully saturated rings. The highest BCUT2D eigenvalue weighted by molar-refractivity contribution is 7.22. The van der Waals surface area contributed by atoms with Crippen LogP contribution in [-0.4, -0.2) is 55.3 Å². The fraction of sp³-hybridized carbons (Fsp3) is 0.324. The fourth-order valence-corrected chi connectivity index (χ4v) is 6.47. The summed E-state index contributed by atoms with van der Waals surface area (Å²) in [4.78, 5) is 33.7. The Morgan fingerprint density at radius 3 is 2.58 bits per heavy atom. The van der Waals surface area contributed by atoms with E-state index in [4.69, 9.17) is 28.7 Å². The average molecular weight is 631 g/mol. The number of Topliss-reactive ketones (excluding diaryl/α,β-unsaturated/α-hetero) is 1. The molecule has 11 heteroatoms. The fourth-order valence-electron chi connectivity index (χ4n) is 5.45. The smallest absolute Gasteiger partial charge is 0.301 e. The number of ketones is 1. The number of unbranched alkanes of at least 4 members (excludes halogenated alkanes) is 2. The van der Waals surface area contributed by atoms with E-state index in [1.165, 1.54) is 23.3 Å². The minimum atomic E-state index is -1.01. The predicted molar refractivity (Wildman–Crippen MR) is 171 cm³/mol. The van der Waals surface area contributed by atoms with Crippen molar-refractivity contribution in [3.63, 3.8) is 0 Å². The minimum Gasteiger partial charge on any atom is -0.507 e. The van der Waals surface area contributed by atoms with Gasteiger partial charge < -0.3 is 28.8 Å². The second-order valence-corrected chi connectivity index (χ2v) is 11.6. The largest absolute Gasteiger partial charge is 0.507 e. The molecule has 0 aliphatic carbocycles. The molecular weight excluding hydrogens is 596 g/mol. The van der Waals surface area contributed by atoms with E-state index in [1.807, 2.05) is 25.1 Å². The highest BCUT2D eigenvalue weighted by Crippen LogP contribution is 2.46. The van der Waals surface area contributed by atoms with E-state index in [-0.39, 0.29) is 11.3 Å². The first-order valence-electron chi connectivity index (χ1n) is 15.0. The lowest BCUT2D eigenvalue weighted by atomic mass is 9.95. The van der Waals surface area contributed by atoms with Crippen molar-refractivity contribution in [2.75, 3.05) is 38.4 Å². The summed E-state index contributed by atoms with van der Waals surface area (Å²) >= 11 is 1.26. The Kier molecular flexibility index (Phi) is 8.79. The van der Waals surface area contributed by atoms with Crippen LogP contribution >= 0.6 is 11.3 Å². The standard InChI is InChI=1S/C34H34N2O8S/c1-4-6-7-14-42-24-12-8-20(17-26(24)40-3)30-29(31(37)21-9-13-25-27(18-21)44-16-15-43-25)32(38)33(39)36(30)34-35-23-11-10-22(41-5-2)19-28(23)45-34/h8-13,17-19,30,37H,4-7,14-16H2,1-3H3/b31-29-. The summed E-state index contributed by atoms with van der Waals surface area (Å²) in [5.74, 6) is 0.674. The van der Waals surface area contributed by atoms with Gasteiger partial charge in [-0.2, -0.15) is 0 Å². The SMILES string of the molecule is CCCCCOc1ccc(C2/C(=C(/O)c3ccc4c(c3)OCCO4)C(=O)C(=O)N2c2nc3ccc(OCC)cc3s2)cc1OC. The van der Waals surface area contributed by atoms with Crippen molar-refractivity contribution in [2.24, 2.45) is 0 Å². The third kappa shape index (κ3) is 5.87. The minimum absolute atomic E-state index is 0.0791. The van der Waals surface area contributed by atoms with Gasteiger partial charge in [0.05, 0.1) is 42.2 Å². The summed E-state index contributed by atoms with van der Waals surface area (Å²) in [6.45, 7) is 5.83. The zero-order valence-electron chi connectivity index (χ0n) is 25.3. The molecule has 1 N–H and O–H groups in total. The summed E-state index contributed by atoms with van der Waals surface area (Å²) in [5, 5.41) is 12.0. The third-order valence-corrected chi connectivity index (χ3v) is 8.65. The molecule has 6 rings (SSSR count). The number of carbonyl (C=O) groups excluding carboxylic acids is 2. The molecule has 0 spiro atoms. The molecule has 45 heavy (non-hydrogen) atoms. The van der Waals surface area contributed by atoms with Crippen LogP contribution in [-0.2, 0) is 9.59 Å². The van der Waals surface area contributed by atoms with Crippen LogP contribution in [0, 0.1) is 0 Å². The Bertz CT molecular complexity index is 1780. The number of amides is 1. The summed E-state index contributed by atoms with van der Waals surface area (Å²) in [7, 11) is 1.54. The molecule has 1 atom stereocenters. The lowest BCUT2D eigenvalue weighted by Crippen LogP contribution is -2.29. The number of aromatic nitrogens is 1. The maximum absolute atomic E-state index is 13.8. The first-order valence-corrected chi connectivity index (χ1v) is 15.8. The normalized spacial score (nSPS) is 17.1. The van der Waals surface area contributed by atoms with E-state index in [0.29, 0.717) is 77.0 Å². The van der Waals surface area contributed by atoms with Crippen molar-refractivity contribution in [1.29, 1.82) is 0 Å². The lowest BCUT2D eigenvalue weighted by Gasteiger charge is -2.24. The number of nitrogens with zero attached hydrogens (tertiary/aromatic N) is 2. The zero-order chi connectivity index (χ0) is 31.5. The number of hydrogen-bond acceptors (Lipinski definition) is 10. The van der Waals surface area contributed by atoms with Gasteiger partial charge in [0.25, 0.3) is 5.78 Å². The molecule has 2 aliphatic rings. The average Bonchev–Trinajstić information content (AvgIpc) is 3.60. The van der Waals surface area contributed by atoms with Gasteiger partial charge in [-0.05, 0) is 67.4 Å². The van der Waals surface area contributed by atoms with Gasteiger partial charge in [0, 0.05) is 5.56 Å². The molecule has 4 aromatic rings. The van der Waals surface area contributed by atoms with Crippen LogP contribution in [0.3, 0.4) is 0 Å². The van der Waals surface area contributed by atoms with Crippen LogP contribution in [0.2, 0.25) is 0 Å². The number of aliphatic hydroxyl groups excluding tert-OH is 1. The summed E-state index contributed by atoms with van der Waals surface area (Å²) in [5.41, 5.74) is 1.43. The van der Waals surface area contributed by atoms with E-state index in [0.717, 1.165) is 24.0 Å². The molecule has 234 valence electrons. The number of benzene rings is 3. The van der Waals surface area contributed by atoms with Crippen LogP contribution in [0.1, 0.15) is 50.3 Å². The van der Waals surface area contributed by atoms with Crippen molar-refractivity contribution in [3.05, 3.63) is 71.3 Å². The van der Waals surface area contributed by atoms with Gasteiger partial charge in [-0.25, -0.2) is 4.98 Å². The molecule has 3 heterocycles. The number of anilines is 1. The van der Waals surface area contributed by atoms with E-state index in [1.54, 1.807) is 36.4 Å². The highest BCUT2D eigenvalue weighted by Gasteiger charge is 2.48. The molecule has 0 bridgehead atoms. The number of rotatable bonds is 11. The van der Waals surface area contributed by atoms with E-state index in [9.17, 15) is 14.7 Å². The molecule has 0 radical (unpaired) electrons. The number of methoxy groups -OCH3 is 1. The topological polar surface area (TPSA) is 117 Å². The van der Waals surface area contributed by atoms with Gasteiger partial charge in [0.1, 0.15) is 24.7 Å². The molecular formula is C34H34N2O8S. The monoisotopic (exact) mass is 630 g/mol. The van der Waals surface area contributed by atoms with E-state index in [2.05, 4.69) is 6.92 Å². The number of aliphatic hydroxyl groups is 1. The zero-order valence-corrected chi connectivity index (χ0v) is 26.1. The van der Waals surface area contributed by atoms with Crippen molar-refractivity contribution >= 4 is 44.1 Å². The first kappa shape index (κ1) is 30.3. The first-order chi connectivity index (χ1) is 21.9. The van der Waals surface area contributed by atoms with Gasteiger partial charge in [-0.15, -0.1) is 0 Å². The summed E-state index contributed by atoms with van der Waals surface area (Å²) < 4.78 is 29.4. The van der Waals surface area contributed by atoms with Gasteiger partial charge in [0.2, 0.25) is 0 Å². The number of fused-ring (bicyclic) bond motifs is 2. The molecule has 2 aliphatic heterocycles. The van der Waals surface area contributed by atoms with Crippen molar-refractivity contribution in [3.8, 4) is 28.7 Å². The highest BCUT2D eigenvalue weighted by atomic mass is 32.1. The summed E-state index contributed by atoms with van der Waals surface area (Å²) in [6.07, 6.45) is 3.02. The molecule has 0 saturated carbocycles. The summed E-state index contributed by atoms with van der Waals surface area (Å²) in [6, 6.07) is 14.7. The quantitative estimate of drug-likeness (QED) is 0.0839. The molecule has 1 unspecified atom stereocenters. The van der Waals surface area contributed by atoms with Crippen molar-refractivity contribution < 1.29 is 38.4 Å². The van der Waals surface area contributed by atoms with Crippen LogP contribution in [0.15, 0.2) is 60.2 Å². The Hall–Kier alpha value is -4.77. The van der Waals surface area contributed by atoms with Crippen LogP contribution in [0.5, 0.6) is 28.7 Å². The van der Waals surface area contributed by atoms with Crippen molar-refractivity contribution in [1.82, 2.24) is 4.98 Å². The van der Waals surface area contributed by atoms with E-state index >= 15 is 0 Å². The Balaban J connectivity index is 1.47. The maximum atomic E-state index is 13.8. The van der Waals surface area contributed by atoms with Gasteiger partial charge >= 0.3 is 5.91 Å². The van der Waals surface area contributed by atoms with Gasteiger partial charge in [-0.3, -0.25) is 14.5 Å².